The smallest absolute Gasteiger partial charge is 0.225 e. The molecule has 1 saturated carbocycles. The maximum Gasteiger partial charge on any atom is 0.225 e. The summed E-state index contributed by atoms with van der Waals surface area (Å²) >= 11 is 6.01. The zero-order chi connectivity index (χ0) is 10.1. The minimum atomic E-state index is 0.548. The quantitative estimate of drug-likeness (QED) is 0.770. The topological polar surface area (TPSA) is 30.7 Å². The number of nitrogens with zero attached hydrogens (tertiary/aromatic N) is 3. The zero-order valence-corrected chi connectivity index (χ0v) is 9.46. The standard InChI is InChI=1S/C10H16ClN3/c1-3-7(2)6-14-9(8-4-5-8)12-13-10(14)11/h7-8H,3-6H2,1-2H3. The van der Waals surface area contributed by atoms with Crippen LogP contribution in [0.1, 0.15) is 44.9 Å². The summed E-state index contributed by atoms with van der Waals surface area (Å²) < 4.78 is 2.08. The Hall–Kier alpha value is -0.570. The molecular formula is C10H16ClN3. The summed E-state index contributed by atoms with van der Waals surface area (Å²) in [6, 6.07) is 0. The molecule has 3 nitrogen and oxygen atoms in total. The van der Waals surface area contributed by atoms with Gasteiger partial charge in [-0.3, -0.25) is 0 Å². The SMILES string of the molecule is CCC(C)Cn1c(Cl)nnc1C1CC1. The van der Waals surface area contributed by atoms with Gasteiger partial charge in [0.2, 0.25) is 5.28 Å². The van der Waals surface area contributed by atoms with Crippen LogP contribution in [-0.4, -0.2) is 14.8 Å². The predicted molar refractivity (Wildman–Crippen MR) is 56.5 cm³/mol. The highest BCUT2D eigenvalue weighted by atomic mass is 35.5. The van der Waals surface area contributed by atoms with E-state index >= 15 is 0 Å². The molecule has 14 heavy (non-hydrogen) atoms. The molecule has 2 rings (SSSR count). The van der Waals surface area contributed by atoms with Crippen molar-refractivity contribution in [1.29, 1.82) is 0 Å². The number of hydrogen-bond acceptors (Lipinski definition) is 2. The van der Waals surface area contributed by atoms with Crippen LogP contribution in [0.4, 0.5) is 0 Å². The van der Waals surface area contributed by atoms with E-state index in [4.69, 9.17) is 11.6 Å². The molecule has 1 fully saturated rings. The van der Waals surface area contributed by atoms with Gasteiger partial charge in [-0.15, -0.1) is 10.2 Å². The third-order valence-corrected chi connectivity index (χ3v) is 3.15. The fraction of sp³-hybridized carbons (Fsp3) is 0.800. The van der Waals surface area contributed by atoms with Crippen LogP contribution >= 0.6 is 11.6 Å². The van der Waals surface area contributed by atoms with E-state index in [0.29, 0.717) is 17.1 Å². The van der Waals surface area contributed by atoms with Gasteiger partial charge in [0.25, 0.3) is 0 Å². The van der Waals surface area contributed by atoms with Crippen molar-refractivity contribution in [2.24, 2.45) is 5.92 Å². The first-order chi connectivity index (χ1) is 6.72. The molecule has 0 aromatic carbocycles. The summed E-state index contributed by atoms with van der Waals surface area (Å²) in [6.07, 6.45) is 3.66. The molecule has 0 spiro atoms. The molecule has 0 N–H and O–H groups in total. The first kappa shape index (κ1) is 9.97. The molecule has 78 valence electrons. The lowest BCUT2D eigenvalue weighted by Gasteiger charge is -2.11. The minimum absolute atomic E-state index is 0.548. The van der Waals surface area contributed by atoms with Gasteiger partial charge < -0.3 is 4.57 Å². The van der Waals surface area contributed by atoms with E-state index in [0.717, 1.165) is 12.4 Å². The molecule has 0 amide bonds. The summed E-state index contributed by atoms with van der Waals surface area (Å²) in [6.45, 7) is 5.38. The van der Waals surface area contributed by atoms with Gasteiger partial charge in [-0.2, -0.15) is 0 Å². The van der Waals surface area contributed by atoms with E-state index in [9.17, 15) is 0 Å². The molecule has 0 aliphatic heterocycles. The second kappa shape index (κ2) is 3.89. The van der Waals surface area contributed by atoms with Crippen LogP contribution in [0.2, 0.25) is 5.28 Å². The van der Waals surface area contributed by atoms with Crippen LogP contribution in [0, 0.1) is 5.92 Å². The van der Waals surface area contributed by atoms with E-state index in [1.165, 1.54) is 19.3 Å². The van der Waals surface area contributed by atoms with Crippen molar-refractivity contribution in [3.8, 4) is 0 Å². The van der Waals surface area contributed by atoms with Gasteiger partial charge in [0, 0.05) is 12.5 Å². The fourth-order valence-electron chi connectivity index (χ4n) is 1.55. The monoisotopic (exact) mass is 213 g/mol. The first-order valence-electron chi connectivity index (χ1n) is 5.31. The van der Waals surface area contributed by atoms with Crippen LogP contribution < -0.4 is 0 Å². The first-order valence-corrected chi connectivity index (χ1v) is 5.68. The highest BCUT2D eigenvalue weighted by Gasteiger charge is 2.30. The average Bonchev–Trinajstić information content (AvgIpc) is 2.95. The molecule has 1 aromatic rings. The fourth-order valence-corrected chi connectivity index (χ4v) is 1.74. The Morgan fingerprint density at radius 2 is 2.21 bits per heavy atom. The molecule has 0 bridgehead atoms. The van der Waals surface area contributed by atoms with Gasteiger partial charge in [0.1, 0.15) is 5.82 Å². The van der Waals surface area contributed by atoms with Gasteiger partial charge in [-0.1, -0.05) is 20.3 Å². The molecule has 1 heterocycles. The molecule has 1 aromatic heterocycles. The number of hydrogen-bond donors (Lipinski definition) is 0. The lowest BCUT2D eigenvalue weighted by atomic mass is 10.1. The lowest BCUT2D eigenvalue weighted by molar-refractivity contribution is 0.458. The van der Waals surface area contributed by atoms with Crippen LogP contribution in [0.15, 0.2) is 0 Å². The Bertz CT molecular complexity index is 317. The van der Waals surface area contributed by atoms with Gasteiger partial charge in [-0.05, 0) is 30.4 Å². The van der Waals surface area contributed by atoms with E-state index in [-0.39, 0.29) is 0 Å². The van der Waals surface area contributed by atoms with Gasteiger partial charge in [-0.25, -0.2) is 0 Å². The third-order valence-electron chi connectivity index (χ3n) is 2.87. The van der Waals surface area contributed by atoms with Crippen molar-refractivity contribution in [2.75, 3.05) is 0 Å². The van der Waals surface area contributed by atoms with Crippen LogP contribution in [0.25, 0.3) is 0 Å². The number of halogens is 1. The maximum atomic E-state index is 6.01. The van der Waals surface area contributed by atoms with E-state index in [2.05, 4.69) is 28.6 Å². The Morgan fingerprint density at radius 3 is 2.79 bits per heavy atom. The Labute approximate surface area is 89.5 Å². The van der Waals surface area contributed by atoms with Crippen molar-refractivity contribution in [1.82, 2.24) is 14.8 Å². The van der Waals surface area contributed by atoms with Crippen molar-refractivity contribution in [3.63, 3.8) is 0 Å². The van der Waals surface area contributed by atoms with E-state index in [1.54, 1.807) is 0 Å². The Kier molecular flexibility index (Phi) is 2.77. The molecular weight excluding hydrogens is 198 g/mol. The van der Waals surface area contributed by atoms with Gasteiger partial charge >= 0.3 is 0 Å². The number of rotatable bonds is 4. The molecule has 4 heteroatoms. The molecule has 1 aliphatic carbocycles. The average molecular weight is 214 g/mol. The second-order valence-corrected chi connectivity index (χ2v) is 4.56. The largest absolute Gasteiger partial charge is 0.301 e. The molecule has 1 atom stereocenters. The number of aromatic nitrogens is 3. The predicted octanol–water partition coefficient (Wildman–Crippen LogP) is 2.86. The molecule has 1 unspecified atom stereocenters. The normalized spacial score (nSPS) is 18.5. The maximum absolute atomic E-state index is 6.01. The molecule has 1 aliphatic rings. The Balaban J connectivity index is 2.16. The summed E-state index contributed by atoms with van der Waals surface area (Å²) in [4.78, 5) is 0. The second-order valence-electron chi connectivity index (χ2n) is 4.23. The van der Waals surface area contributed by atoms with Crippen LogP contribution in [0.3, 0.4) is 0 Å². The summed E-state index contributed by atoms with van der Waals surface area (Å²) in [5, 5.41) is 8.64. The summed E-state index contributed by atoms with van der Waals surface area (Å²) in [7, 11) is 0. The van der Waals surface area contributed by atoms with Gasteiger partial charge in [0.15, 0.2) is 0 Å². The minimum Gasteiger partial charge on any atom is -0.301 e. The zero-order valence-electron chi connectivity index (χ0n) is 8.70. The highest BCUT2D eigenvalue weighted by molar-refractivity contribution is 6.28. The molecule has 0 radical (unpaired) electrons. The van der Waals surface area contributed by atoms with E-state index < -0.39 is 0 Å². The van der Waals surface area contributed by atoms with Crippen molar-refractivity contribution >= 4 is 11.6 Å². The third kappa shape index (κ3) is 1.92. The van der Waals surface area contributed by atoms with Crippen molar-refractivity contribution in [3.05, 3.63) is 11.1 Å². The van der Waals surface area contributed by atoms with Gasteiger partial charge in [0.05, 0.1) is 0 Å². The summed E-state index contributed by atoms with van der Waals surface area (Å²) in [5.74, 6) is 2.36. The summed E-state index contributed by atoms with van der Waals surface area (Å²) in [5.41, 5.74) is 0. The van der Waals surface area contributed by atoms with E-state index in [1.807, 2.05) is 0 Å². The Morgan fingerprint density at radius 1 is 1.50 bits per heavy atom. The van der Waals surface area contributed by atoms with Crippen LogP contribution in [-0.2, 0) is 6.54 Å². The van der Waals surface area contributed by atoms with Crippen LogP contribution in [0.5, 0.6) is 0 Å². The lowest BCUT2D eigenvalue weighted by Crippen LogP contribution is -2.09. The highest BCUT2D eigenvalue weighted by Crippen LogP contribution is 2.39. The van der Waals surface area contributed by atoms with Crippen molar-refractivity contribution < 1.29 is 0 Å². The molecule has 0 saturated heterocycles. The van der Waals surface area contributed by atoms with Crippen molar-refractivity contribution in [2.45, 2.75) is 45.6 Å².